The maximum Gasteiger partial charge on any atom is 0.251 e. The van der Waals surface area contributed by atoms with Crippen molar-refractivity contribution in [2.24, 2.45) is 5.92 Å². The average molecular weight is 305 g/mol. The summed E-state index contributed by atoms with van der Waals surface area (Å²) in [7, 11) is 1.56. The molecule has 1 aromatic carbocycles. The number of carbonyl (C=O) groups excluding carboxylic acids is 1. The minimum atomic E-state index is -0.0928. The lowest BCUT2D eigenvalue weighted by Crippen LogP contribution is -2.32. The molecule has 0 aliphatic heterocycles. The lowest BCUT2D eigenvalue weighted by atomic mass is 10.0. The highest BCUT2D eigenvalue weighted by Crippen LogP contribution is 2.28. The number of rotatable bonds is 9. The molecule has 1 atom stereocenters. The lowest BCUT2D eigenvalue weighted by Gasteiger charge is -2.16. The number of hydrogen-bond acceptors (Lipinski definition) is 3. The fourth-order valence-corrected chi connectivity index (χ4v) is 2.04. The molecule has 4 heteroatoms. The fourth-order valence-electron chi connectivity index (χ4n) is 2.04. The molecular formula is C18H27NO3. The third kappa shape index (κ3) is 5.80. The molecule has 1 N–H and O–H groups in total. The average Bonchev–Trinajstić information content (AvgIpc) is 2.50. The van der Waals surface area contributed by atoms with Crippen LogP contribution in [-0.2, 0) is 0 Å². The van der Waals surface area contributed by atoms with E-state index < -0.39 is 0 Å². The summed E-state index contributed by atoms with van der Waals surface area (Å²) < 4.78 is 10.8. The van der Waals surface area contributed by atoms with Crippen molar-refractivity contribution in [1.82, 2.24) is 5.32 Å². The molecule has 0 aromatic heterocycles. The summed E-state index contributed by atoms with van der Waals surface area (Å²) in [4.78, 5) is 12.3. The molecular weight excluding hydrogens is 278 g/mol. The Morgan fingerprint density at radius 2 is 2.00 bits per heavy atom. The van der Waals surface area contributed by atoms with Crippen LogP contribution in [0.15, 0.2) is 30.9 Å². The summed E-state index contributed by atoms with van der Waals surface area (Å²) in [6, 6.07) is 5.34. The number of ether oxygens (including phenoxy) is 2. The summed E-state index contributed by atoms with van der Waals surface area (Å²) in [5.74, 6) is 1.70. The Morgan fingerprint density at radius 1 is 1.27 bits per heavy atom. The predicted molar refractivity (Wildman–Crippen MR) is 89.7 cm³/mol. The van der Waals surface area contributed by atoms with Gasteiger partial charge in [-0.1, -0.05) is 26.5 Å². The highest BCUT2D eigenvalue weighted by molar-refractivity contribution is 5.95. The Labute approximate surface area is 133 Å². The molecule has 122 valence electrons. The van der Waals surface area contributed by atoms with Gasteiger partial charge in [0.05, 0.1) is 7.11 Å². The first-order chi connectivity index (χ1) is 10.5. The standard InChI is InChI=1S/C18H27NO3/c1-6-11-22-16-10-9-15(12-17(16)21-5)18(20)19-14(4)8-7-13(2)3/h6,9-10,12-14H,1,7-8,11H2,2-5H3,(H,19,20). The van der Waals surface area contributed by atoms with Gasteiger partial charge in [-0.25, -0.2) is 0 Å². The lowest BCUT2D eigenvalue weighted by molar-refractivity contribution is 0.0937. The molecule has 0 bridgehead atoms. The number of benzene rings is 1. The smallest absolute Gasteiger partial charge is 0.251 e. The first-order valence-corrected chi connectivity index (χ1v) is 7.70. The molecule has 0 aliphatic carbocycles. The monoisotopic (exact) mass is 305 g/mol. The van der Waals surface area contributed by atoms with Gasteiger partial charge in [0, 0.05) is 11.6 Å². The van der Waals surface area contributed by atoms with Crippen molar-refractivity contribution in [3.63, 3.8) is 0 Å². The summed E-state index contributed by atoms with van der Waals surface area (Å²) >= 11 is 0. The number of methoxy groups -OCH3 is 1. The van der Waals surface area contributed by atoms with Crippen LogP contribution < -0.4 is 14.8 Å². The Hall–Kier alpha value is -1.97. The largest absolute Gasteiger partial charge is 0.493 e. The van der Waals surface area contributed by atoms with E-state index in [0.717, 1.165) is 12.8 Å². The van der Waals surface area contributed by atoms with Crippen molar-refractivity contribution in [3.05, 3.63) is 36.4 Å². The van der Waals surface area contributed by atoms with Crippen molar-refractivity contribution in [3.8, 4) is 11.5 Å². The van der Waals surface area contributed by atoms with Crippen LogP contribution >= 0.6 is 0 Å². The summed E-state index contributed by atoms with van der Waals surface area (Å²) in [6.07, 6.45) is 3.73. The van der Waals surface area contributed by atoms with Gasteiger partial charge in [0.25, 0.3) is 5.91 Å². The second kappa shape index (κ2) is 9.13. The van der Waals surface area contributed by atoms with Crippen LogP contribution in [0.1, 0.15) is 44.0 Å². The van der Waals surface area contributed by atoms with E-state index >= 15 is 0 Å². The number of amides is 1. The Kier molecular flexibility index (Phi) is 7.50. The molecule has 0 heterocycles. The summed E-state index contributed by atoms with van der Waals surface area (Å²) in [6.45, 7) is 10.4. The zero-order valence-electron chi connectivity index (χ0n) is 14.0. The highest BCUT2D eigenvalue weighted by Gasteiger charge is 2.13. The van der Waals surface area contributed by atoms with E-state index in [1.165, 1.54) is 0 Å². The predicted octanol–water partition coefficient (Wildman–Crippen LogP) is 3.81. The zero-order valence-corrected chi connectivity index (χ0v) is 14.0. The number of carbonyl (C=O) groups is 1. The van der Waals surface area contributed by atoms with E-state index in [4.69, 9.17) is 9.47 Å². The molecule has 1 rings (SSSR count). The molecule has 1 unspecified atom stereocenters. The van der Waals surface area contributed by atoms with Gasteiger partial charge in [0.2, 0.25) is 0 Å². The van der Waals surface area contributed by atoms with Crippen molar-refractivity contribution in [2.45, 2.75) is 39.7 Å². The molecule has 1 aromatic rings. The minimum Gasteiger partial charge on any atom is -0.493 e. The SMILES string of the molecule is C=CCOc1ccc(C(=O)NC(C)CCC(C)C)cc1OC. The first kappa shape index (κ1) is 18.1. The van der Waals surface area contributed by atoms with Crippen LogP contribution in [0.25, 0.3) is 0 Å². The van der Waals surface area contributed by atoms with Gasteiger partial charge >= 0.3 is 0 Å². The molecule has 1 amide bonds. The molecule has 0 spiro atoms. The fraction of sp³-hybridized carbons (Fsp3) is 0.500. The van der Waals surface area contributed by atoms with E-state index in [2.05, 4.69) is 25.7 Å². The third-order valence-electron chi connectivity index (χ3n) is 3.34. The summed E-state index contributed by atoms with van der Waals surface area (Å²) in [5, 5.41) is 3.01. The van der Waals surface area contributed by atoms with E-state index in [1.54, 1.807) is 31.4 Å². The summed E-state index contributed by atoms with van der Waals surface area (Å²) in [5.41, 5.74) is 0.569. The third-order valence-corrected chi connectivity index (χ3v) is 3.34. The van der Waals surface area contributed by atoms with Crippen LogP contribution in [-0.4, -0.2) is 25.7 Å². The Balaban J connectivity index is 2.71. The van der Waals surface area contributed by atoms with Crippen molar-refractivity contribution in [1.29, 1.82) is 0 Å². The molecule has 0 fully saturated rings. The first-order valence-electron chi connectivity index (χ1n) is 7.70. The van der Waals surface area contributed by atoms with E-state index in [1.807, 2.05) is 6.92 Å². The number of hydrogen-bond donors (Lipinski definition) is 1. The Morgan fingerprint density at radius 3 is 2.59 bits per heavy atom. The van der Waals surface area contributed by atoms with Gasteiger partial charge in [-0.2, -0.15) is 0 Å². The quantitative estimate of drug-likeness (QED) is 0.706. The molecule has 0 saturated carbocycles. The number of nitrogens with one attached hydrogen (secondary N) is 1. The van der Waals surface area contributed by atoms with Crippen LogP contribution in [0.5, 0.6) is 11.5 Å². The normalized spacial score (nSPS) is 11.9. The zero-order chi connectivity index (χ0) is 16.5. The van der Waals surface area contributed by atoms with Crippen LogP contribution in [0.2, 0.25) is 0 Å². The van der Waals surface area contributed by atoms with Gasteiger partial charge in [0.15, 0.2) is 11.5 Å². The van der Waals surface area contributed by atoms with Crippen molar-refractivity contribution in [2.75, 3.05) is 13.7 Å². The van der Waals surface area contributed by atoms with Gasteiger partial charge in [-0.05, 0) is 43.9 Å². The Bertz CT molecular complexity index is 497. The molecule has 22 heavy (non-hydrogen) atoms. The van der Waals surface area contributed by atoms with E-state index in [9.17, 15) is 4.79 Å². The van der Waals surface area contributed by atoms with Crippen LogP contribution in [0.4, 0.5) is 0 Å². The van der Waals surface area contributed by atoms with Crippen molar-refractivity contribution >= 4 is 5.91 Å². The minimum absolute atomic E-state index is 0.0928. The van der Waals surface area contributed by atoms with Gasteiger partial charge < -0.3 is 14.8 Å². The molecule has 0 aliphatic rings. The second-order valence-electron chi connectivity index (χ2n) is 5.81. The van der Waals surface area contributed by atoms with Gasteiger partial charge in [-0.3, -0.25) is 4.79 Å². The van der Waals surface area contributed by atoms with Crippen LogP contribution in [0.3, 0.4) is 0 Å². The van der Waals surface area contributed by atoms with E-state index in [-0.39, 0.29) is 11.9 Å². The maximum absolute atomic E-state index is 12.3. The van der Waals surface area contributed by atoms with Crippen molar-refractivity contribution < 1.29 is 14.3 Å². The topological polar surface area (TPSA) is 47.6 Å². The van der Waals surface area contributed by atoms with Crippen LogP contribution in [0, 0.1) is 5.92 Å². The molecule has 0 saturated heterocycles. The van der Waals surface area contributed by atoms with Gasteiger partial charge in [0.1, 0.15) is 6.61 Å². The highest BCUT2D eigenvalue weighted by atomic mass is 16.5. The molecule has 4 nitrogen and oxygen atoms in total. The maximum atomic E-state index is 12.3. The van der Waals surface area contributed by atoms with E-state index in [0.29, 0.717) is 29.6 Å². The molecule has 0 radical (unpaired) electrons. The second-order valence-corrected chi connectivity index (χ2v) is 5.81. The van der Waals surface area contributed by atoms with Gasteiger partial charge in [-0.15, -0.1) is 0 Å².